The zero-order chi connectivity index (χ0) is 11.6. The summed E-state index contributed by atoms with van der Waals surface area (Å²) in [5.41, 5.74) is 1.39. The summed E-state index contributed by atoms with van der Waals surface area (Å²) in [4.78, 5) is 0. The molecule has 0 aliphatic heterocycles. The van der Waals surface area contributed by atoms with E-state index < -0.39 is 8.32 Å². The van der Waals surface area contributed by atoms with E-state index in [1.165, 1.54) is 17.7 Å². The molecule has 0 bridgehead atoms. The van der Waals surface area contributed by atoms with Gasteiger partial charge in [-0.3, -0.25) is 0 Å². The largest absolute Gasteiger partial charge is 0.547 e. The van der Waals surface area contributed by atoms with Crippen LogP contribution in [0.2, 0.25) is 19.6 Å². The summed E-state index contributed by atoms with van der Waals surface area (Å²) in [5.74, 6) is 1.71. The molecule has 0 saturated carbocycles. The van der Waals surface area contributed by atoms with Crippen molar-refractivity contribution in [1.29, 1.82) is 0 Å². The van der Waals surface area contributed by atoms with Gasteiger partial charge >= 0.3 is 0 Å². The molecule has 2 rings (SSSR count). The van der Waals surface area contributed by atoms with Crippen molar-refractivity contribution in [2.45, 2.75) is 38.4 Å². The average molecular weight is 232 g/mol. The van der Waals surface area contributed by atoms with Gasteiger partial charge in [0.05, 0.1) is 5.76 Å². The molecule has 0 unspecified atom stereocenters. The minimum Gasteiger partial charge on any atom is -0.547 e. The van der Waals surface area contributed by atoms with Crippen LogP contribution in [0, 0.1) is 0 Å². The minimum absolute atomic E-state index is 0.493. The zero-order valence-corrected chi connectivity index (χ0v) is 11.4. The Labute approximate surface area is 99.3 Å². The van der Waals surface area contributed by atoms with E-state index in [1.807, 2.05) is 0 Å². The molecule has 0 radical (unpaired) electrons. The average Bonchev–Trinajstić information content (AvgIpc) is 2.64. The van der Waals surface area contributed by atoms with Gasteiger partial charge < -0.3 is 4.43 Å². The third kappa shape index (κ3) is 2.76. The maximum atomic E-state index is 6.17. The maximum Gasteiger partial charge on any atom is 0.241 e. The van der Waals surface area contributed by atoms with Crippen molar-refractivity contribution < 1.29 is 4.43 Å². The quantitative estimate of drug-likeness (QED) is 0.706. The Morgan fingerprint density at radius 2 is 1.81 bits per heavy atom. The lowest BCUT2D eigenvalue weighted by Crippen LogP contribution is -2.25. The fraction of sp³-hybridized carbons (Fsp3) is 0.429. The second-order valence-electron chi connectivity index (χ2n) is 5.36. The first-order valence-corrected chi connectivity index (χ1v) is 9.41. The first kappa shape index (κ1) is 11.5. The van der Waals surface area contributed by atoms with Crippen LogP contribution in [0.4, 0.5) is 0 Å². The van der Waals surface area contributed by atoms with Gasteiger partial charge in [0, 0.05) is 5.92 Å². The van der Waals surface area contributed by atoms with Crippen LogP contribution in [0.15, 0.2) is 42.2 Å². The van der Waals surface area contributed by atoms with Gasteiger partial charge in [0.25, 0.3) is 0 Å². The predicted molar refractivity (Wildman–Crippen MR) is 70.9 cm³/mol. The van der Waals surface area contributed by atoms with E-state index in [-0.39, 0.29) is 0 Å². The normalized spacial score (nSPS) is 20.7. The van der Waals surface area contributed by atoms with Crippen LogP contribution in [-0.2, 0) is 4.43 Å². The summed E-state index contributed by atoms with van der Waals surface area (Å²) in [6.07, 6.45) is 4.62. The number of hydrogen-bond donors (Lipinski definition) is 0. The Balaban J connectivity index is 2.15. The summed E-state index contributed by atoms with van der Waals surface area (Å²) < 4.78 is 6.17. The molecule has 1 nitrogen and oxygen atoms in total. The topological polar surface area (TPSA) is 9.23 Å². The fourth-order valence-corrected chi connectivity index (χ4v) is 3.09. The van der Waals surface area contributed by atoms with Gasteiger partial charge in [-0.05, 0) is 44.1 Å². The molecule has 0 spiro atoms. The van der Waals surface area contributed by atoms with Crippen molar-refractivity contribution in [3.8, 4) is 0 Å². The SMILES string of the molecule is C[Si](C)(C)OC1=CCC[C@H]1c1ccccc1. The number of allylic oxidation sites excluding steroid dienone is 2. The van der Waals surface area contributed by atoms with E-state index in [1.54, 1.807) is 0 Å². The van der Waals surface area contributed by atoms with E-state index in [0.717, 1.165) is 6.42 Å². The molecular formula is C14H20OSi. The van der Waals surface area contributed by atoms with Gasteiger partial charge in [-0.25, -0.2) is 0 Å². The van der Waals surface area contributed by atoms with Crippen LogP contribution >= 0.6 is 0 Å². The molecule has 16 heavy (non-hydrogen) atoms. The van der Waals surface area contributed by atoms with Gasteiger partial charge in [-0.15, -0.1) is 0 Å². The van der Waals surface area contributed by atoms with Crippen LogP contribution in [0.5, 0.6) is 0 Å². The molecule has 1 aromatic rings. The fourth-order valence-electron chi connectivity index (χ4n) is 2.16. The van der Waals surface area contributed by atoms with E-state index in [4.69, 9.17) is 4.43 Å². The first-order valence-electron chi connectivity index (χ1n) is 6.00. The third-order valence-corrected chi connectivity index (χ3v) is 3.62. The maximum absolute atomic E-state index is 6.17. The summed E-state index contributed by atoms with van der Waals surface area (Å²) in [6.45, 7) is 6.73. The van der Waals surface area contributed by atoms with Gasteiger partial charge in [-0.1, -0.05) is 30.3 Å². The van der Waals surface area contributed by atoms with Crippen molar-refractivity contribution >= 4 is 8.32 Å². The molecule has 1 aliphatic carbocycles. The molecule has 1 aromatic carbocycles. The van der Waals surface area contributed by atoms with Crippen LogP contribution in [0.3, 0.4) is 0 Å². The van der Waals surface area contributed by atoms with Crippen molar-refractivity contribution in [2.24, 2.45) is 0 Å². The zero-order valence-electron chi connectivity index (χ0n) is 10.4. The lowest BCUT2D eigenvalue weighted by Gasteiger charge is -2.25. The molecule has 0 amide bonds. The van der Waals surface area contributed by atoms with Gasteiger partial charge in [0.1, 0.15) is 0 Å². The number of rotatable bonds is 3. The molecule has 2 heteroatoms. The molecule has 0 heterocycles. The highest BCUT2D eigenvalue weighted by Gasteiger charge is 2.27. The molecule has 0 aromatic heterocycles. The van der Waals surface area contributed by atoms with Crippen LogP contribution < -0.4 is 0 Å². The Morgan fingerprint density at radius 1 is 1.12 bits per heavy atom. The summed E-state index contributed by atoms with van der Waals surface area (Å²) in [5, 5.41) is 0. The highest BCUT2D eigenvalue weighted by molar-refractivity contribution is 6.70. The van der Waals surface area contributed by atoms with Crippen LogP contribution in [-0.4, -0.2) is 8.32 Å². The Kier molecular flexibility index (Phi) is 3.19. The standard InChI is InChI=1S/C14H20OSi/c1-16(2,3)15-14-11-7-10-13(14)12-8-5-4-6-9-12/h4-6,8-9,11,13H,7,10H2,1-3H3/t13-/m0/s1. The Morgan fingerprint density at radius 3 is 2.44 bits per heavy atom. The molecule has 1 atom stereocenters. The van der Waals surface area contributed by atoms with Gasteiger partial charge in [0.15, 0.2) is 0 Å². The van der Waals surface area contributed by atoms with E-state index in [9.17, 15) is 0 Å². The second kappa shape index (κ2) is 4.46. The molecular weight excluding hydrogens is 212 g/mol. The second-order valence-corrected chi connectivity index (χ2v) is 9.79. The van der Waals surface area contributed by atoms with Crippen molar-refractivity contribution in [2.75, 3.05) is 0 Å². The lowest BCUT2D eigenvalue weighted by molar-refractivity contribution is 0.387. The smallest absolute Gasteiger partial charge is 0.241 e. The van der Waals surface area contributed by atoms with E-state index in [0.29, 0.717) is 5.92 Å². The number of hydrogen-bond acceptors (Lipinski definition) is 1. The Bertz CT molecular complexity index is 375. The Hall–Kier alpha value is -1.02. The van der Waals surface area contributed by atoms with Crippen molar-refractivity contribution in [1.82, 2.24) is 0 Å². The molecule has 0 saturated heterocycles. The summed E-state index contributed by atoms with van der Waals surface area (Å²) >= 11 is 0. The van der Waals surface area contributed by atoms with Gasteiger partial charge in [0.2, 0.25) is 8.32 Å². The molecule has 86 valence electrons. The lowest BCUT2D eigenvalue weighted by atomic mass is 9.98. The predicted octanol–water partition coefficient (Wildman–Crippen LogP) is 4.30. The van der Waals surface area contributed by atoms with E-state index >= 15 is 0 Å². The summed E-state index contributed by atoms with van der Waals surface area (Å²) in [7, 11) is -1.47. The van der Waals surface area contributed by atoms with Crippen molar-refractivity contribution in [3.05, 3.63) is 47.7 Å². The van der Waals surface area contributed by atoms with Gasteiger partial charge in [-0.2, -0.15) is 0 Å². The third-order valence-electron chi connectivity index (χ3n) is 2.77. The summed E-state index contributed by atoms with van der Waals surface area (Å²) in [6, 6.07) is 10.7. The first-order chi connectivity index (χ1) is 7.56. The number of benzene rings is 1. The van der Waals surface area contributed by atoms with E-state index in [2.05, 4.69) is 56.0 Å². The van der Waals surface area contributed by atoms with Crippen LogP contribution in [0.1, 0.15) is 24.3 Å². The highest BCUT2D eigenvalue weighted by Crippen LogP contribution is 2.37. The highest BCUT2D eigenvalue weighted by atomic mass is 28.4. The molecule has 0 fully saturated rings. The molecule has 0 N–H and O–H groups in total. The van der Waals surface area contributed by atoms with Crippen LogP contribution in [0.25, 0.3) is 0 Å². The van der Waals surface area contributed by atoms with Crippen molar-refractivity contribution in [3.63, 3.8) is 0 Å². The minimum atomic E-state index is -1.47. The molecule has 1 aliphatic rings. The monoisotopic (exact) mass is 232 g/mol.